The Hall–Kier alpha value is 0.254. The Morgan fingerprint density at radius 2 is 1.25 bits per heavy atom. The molecule has 0 saturated heterocycles. The molecule has 0 fully saturated rings. The van der Waals surface area contributed by atoms with E-state index in [1.165, 1.54) is 18.9 Å². The smallest absolute Gasteiger partial charge is 0.314 e. The fraction of sp³-hybridized carbons (Fsp3) is 0.875. The Balaban J connectivity index is 4.64. The van der Waals surface area contributed by atoms with Crippen LogP contribution in [0.1, 0.15) is 39.0 Å². The molecule has 1 atom stereocenters. The van der Waals surface area contributed by atoms with E-state index in [1.54, 1.807) is 0 Å². The number of ether oxygens (including phenoxy) is 1. The average Bonchev–Trinajstić information content (AvgIpc) is 2.66. The van der Waals surface area contributed by atoms with Gasteiger partial charge in [-0.2, -0.15) is 0 Å². The fourth-order valence-corrected chi connectivity index (χ4v) is 29.4. The molecule has 0 radical (unpaired) electrons. The second kappa shape index (κ2) is 15.7. The van der Waals surface area contributed by atoms with Crippen molar-refractivity contribution in [1.29, 1.82) is 0 Å². The number of carbonyl (C=O) groups is 1. The van der Waals surface area contributed by atoms with Crippen LogP contribution in [-0.2, 0) is 26.0 Å². The number of rotatable bonds is 21. The minimum absolute atomic E-state index is 0.0549. The number of carbonyl (C=O) groups excluding carboxylic acids is 1. The van der Waals surface area contributed by atoms with Gasteiger partial charge in [-0.25, -0.2) is 0 Å². The van der Waals surface area contributed by atoms with Crippen molar-refractivity contribution in [3.8, 4) is 0 Å². The Morgan fingerprint density at radius 3 is 1.69 bits per heavy atom. The van der Waals surface area contributed by atoms with Crippen LogP contribution < -0.4 is 0 Å². The van der Waals surface area contributed by atoms with E-state index in [0.717, 1.165) is 18.5 Å². The molecule has 0 aliphatic carbocycles. The molecule has 0 spiro atoms. The van der Waals surface area contributed by atoms with Crippen LogP contribution in [0.3, 0.4) is 0 Å². The molecule has 36 heavy (non-hydrogen) atoms. The lowest BCUT2D eigenvalue weighted by Gasteiger charge is -2.42. The molecule has 0 aliphatic rings. The SMILES string of the molecule is C=CC(=O)CCC(O)COCCC[Si](C)(C)O[Si](C)(C)O[Si](C)(C)O[Si](C)(C)O[Si](C)(C)CCCC. The number of hydrogen-bond acceptors (Lipinski definition) is 7. The van der Waals surface area contributed by atoms with Gasteiger partial charge >= 0.3 is 25.7 Å². The molecule has 0 aliphatic heterocycles. The first kappa shape index (κ1) is 36.3. The van der Waals surface area contributed by atoms with Gasteiger partial charge < -0.3 is 26.3 Å². The zero-order valence-corrected chi connectivity index (χ0v) is 30.1. The van der Waals surface area contributed by atoms with Gasteiger partial charge in [0.25, 0.3) is 0 Å². The Bertz CT molecular complexity index is 669. The minimum atomic E-state index is -2.45. The largest absolute Gasteiger partial charge is 0.436 e. The van der Waals surface area contributed by atoms with Crippen LogP contribution in [0.4, 0.5) is 0 Å². The molecular weight excluding hydrogens is 541 g/mol. The molecule has 0 heterocycles. The highest BCUT2D eigenvalue weighted by Gasteiger charge is 2.45. The molecular formula is C24H56O7Si5. The number of aliphatic hydroxyl groups is 1. The molecule has 7 nitrogen and oxygen atoms in total. The number of unbranched alkanes of at least 4 members (excludes halogenated alkanes) is 1. The van der Waals surface area contributed by atoms with Crippen molar-refractivity contribution >= 4 is 48.1 Å². The van der Waals surface area contributed by atoms with Crippen LogP contribution in [0.15, 0.2) is 12.7 Å². The van der Waals surface area contributed by atoms with E-state index in [0.29, 0.717) is 19.4 Å². The number of aliphatic hydroxyl groups excluding tert-OH is 1. The van der Waals surface area contributed by atoms with E-state index in [4.69, 9.17) is 21.2 Å². The summed E-state index contributed by atoms with van der Waals surface area (Å²) in [6, 6.07) is 2.11. The quantitative estimate of drug-likeness (QED) is 0.0900. The van der Waals surface area contributed by atoms with Gasteiger partial charge in [0.15, 0.2) is 22.4 Å². The molecule has 1 unspecified atom stereocenters. The van der Waals surface area contributed by atoms with Crippen LogP contribution in [0.5, 0.6) is 0 Å². The van der Waals surface area contributed by atoms with Gasteiger partial charge in [-0.3, -0.25) is 4.79 Å². The zero-order valence-electron chi connectivity index (χ0n) is 25.1. The molecule has 0 amide bonds. The molecule has 1 N–H and O–H groups in total. The van der Waals surface area contributed by atoms with Crippen molar-refractivity contribution in [2.75, 3.05) is 13.2 Å². The van der Waals surface area contributed by atoms with E-state index < -0.39 is 48.4 Å². The molecule has 0 rings (SSSR count). The zero-order chi connectivity index (χ0) is 28.3. The second-order valence-corrected chi connectivity index (χ2v) is 32.0. The molecule has 214 valence electrons. The third-order valence-electron chi connectivity index (χ3n) is 5.49. The first-order chi connectivity index (χ1) is 16.2. The van der Waals surface area contributed by atoms with E-state index in [-0.39, 0.29) is 12.4 Å². The van der Waals surface area contributed by atoms with Crippen LogP contribution in [0.25, 0.3) is 0 Å². The van der Waals surface area contributed by atoms with E-state index in [9.17, 15) is 9.90 Å². The highest BCUT2D eigenvalue weighted by molar-refractivity contribution is 6.90. The highest BCUT2D eigenvalue weighted by atomic mass is 28.5. The average molecular weight is 597 g/mol. The Morgan fingerprint density at radius 1 is 0.806 bits per heavy atom. The molecule has 0 aromatic carbocycles. The summed E-state index contributed by atoms with van der Waals surface area (Å²) in [7, 11) is -10.9. The number of allylic oxidation sites excluding steroid dienone is 1. The third-order valence-corrected chi connectivity index (χ3v) is 24.8. The molecule has 0 aromatic heterocycles. The monoisotopic (exact) mass is 596 g/mol. The van der Waals surface area contributed by atoms with Crippen LogP contribution in [-0.4, -0.2) is 72.5 Å². The van der Waals surface area contributed by atoms with Crippen molar-refractivity contribution in [2.24, 2.45) is 0 Å². The van der Waals surface area contributed by atoms with Crippen molar-refractivity contribution in [2.45, 2.75) is 123 Å². The van der Waals surface area contributed by atoms with E-state index >= 15 is 0 Å². The maximum Gasteiger partial charge on any atom is 0.314 e. The summed E-state index contributed by atoms with van der Waals surface area (Å²) in [4.78, 5) is 11.3. The van der Waals surface area contributed by atoms with Gasteiger partial charge in [0.05, 0.1) is 12.7 Å². The lowest BCUT2D eigenvalue weighted by atomic mass is 10.1. The maximum atomic E-state index is 11.3. The fourth-order valence-electron chi connectivity index (χ4n) is 4.60. The van der Waals surface area contributed by atoms with Crippen molar-refractivity contribution in [3.05, 3.63) is 12.7 Å². The Kier molecular flexibility index (Phi) is 15.9. The van der Waals surface area contributed by atoms with Gasteiger partial charge in [0, 0.05) is 13.0 Å². The molecule has 12 heteroatoms. The third kappa shape index (κ3) is 18.5. The van der Waals surface area contributed by atoms with Crippen LogP contribution in [0, 0.1) is 0 Å². The highest BCUT2D eigenvalue weighted by Crippen LogP contribution is 2.28. The van der Waals surface area contributed by atoms with E-state index in [1.807, 2.05) is 0 Å². The summed E-state index contributed by atoms with van der Waals surface area (Å²) >= 11 is 0. The standard InChI is InChI=1S/C24H56O7Si5/c1-13-15-20-32(3,4)28-34(7,8)30-36(11,12)31-35(9,10)29-33(5,6)21-16-19-27-22-24(26)18-17-23(25)14-2/h14,24,26H,2,13,15-22H2,1,3-12H3. The predicted octanol–water partition coefficient (Wildman–Crippen LogP) is 6.67. The predicted molar refractivity (Wildman–Crippen MR) is 162 cm³/mol. The first-order valence-electron chi connectivity index (χ1n) is 13.5. The van der Waals surface area contributed by atoms with Gasteiger partial charge in [-0.1, -0.05) is 26.3 Å². The summed E-state index contributed by atoms with van der Waals surface area (Å²) in [5, 5.41) is 9.94. The normalized spacial score (nSPS) is 14.7. The van der Waals surface area contributed by atoms with Gasteiger partial charge in [0.1, 0.15) is 0 Å². The molecule has 0 aromatic rings. The summed E-state index contributed by atoms with van der Waals surface area (Å²) in [6.07, 6.45) is 4.62. The van der Waals surface area contributed by atoms with Crippen molar-refractivity contribution < 1.29 is 31.1 Å². The van der Waals surface area contributed by atoms with Gasteiger partial charge in [-0.05, 0) is 96.5 Å². The summed E-state index contributed by atoms with van der Waals surface area (Å²) in [5.41, 5.74) is 0. The summed E-state index contributed by atoms with van der Waals surface area (Å²) in [6.45, 7) is 28.3. The number of hydrogen-bond donors (Lipinski definition) is 1. The Labute approximate surface area is 227 Å². The van der Waals surface area contributed by atoms with Gasteiger partial charge in [-0.15, -0.1) is 0 Å². The van der Waals surface area contributed by atoms with Crippen molar-refractivity contribution in [1.82, 2.24) is 0 Å². The van der Waals surface area contributed by atoms with E-state index in [2.05, 4.69) is 79.0 Å². The van der Waals surface area contributed by atoms with Crippen molar-refractivity contribution in [3.63, 3.8) is 0 Å². The maximum absolute atomic E-state index is 11.3. The molecule has 0 saturated carbocycles. The lowest BCUT2D eigenvalue weighted by molar-refractivity contribution is -0.115. The number of ketones is 1. The second-order valence-electron chi connectivity index (χ2n) is 12.3. The minimum Gasteiger partial charge on any atom is -0.436 e. The molecule has 0 bridgehead atoms. The van der Waals surface area contributed by atoms with Crippen LogP contribution >= 0.6 is 0 Å². The summed E-state index contributed by atoms with van der Waals surface area (Å²) < 4.78 is 32.2. The lowest BCUT2D eigenvalue weighted by Crippen LogP contribution is -2.58. The first-order valence-corrected chi connectivity index (χ1v) is 28.1. The topological polar surface area (TPSA) is 83.5 Å². The van der Waals surface area contributed by atoms with Gasteiger partial charge in [0.2, 0.25) is 0 Å². The van der Waals surface area contributed by atoms with Crippen LogP contribution in [0.2, 0.25) is 77.6 Å². The summed E-state index contributed by atoms with van der Waals surface area (Å²) in [5.74, 6) is -0.0549.